The highest BCUT2D eigenvalue weighted by Crippen LogP contribution is 2.27. The van der Waals surface area contributed by atoms with Gasteiger partial charge in [0.15, 0.2) is 5.69 Å². The second-order valence-electron chi connectivity index (χ2n) is 4.63. The number of hydrogen-bond acceptors (Lipinski definition) is 5. The number of carbonyl (C=O) groups is 1. The van der Waals surface area contributed by atoms with Gasteiger partial charge in [-0.1, -0.05) is 11.6 Å². The largest absolute Gasteiger partial charge is 0.487 e. The predicted octanol–water partition coefficient (Wildman–Crippen LogP) is 2.88. The summed E-state index contributed by atoms with van der Waals surface area (Å²) < 4.78 is 30.5. The third-order valence-electron chi connectivity index (χ3n) is 2.74. The number of nitrogens with one attached hydrogen (secondary N) is 1. The van der Waals surface area contributed by atoms with Gasteiger partial charge in [0, 0.05) is 25.4 Å². The summed E-state index contributed by atoms with van der Waals surface area (Å²) in [5.74, 6) is -0.882. The van der Waals surface area contributed by atoms with Crippen molar-refractivity contribution in [2.75, 3.05) is 11.9 Å². The molecule has 24 heavy (non-hydrogen) atoms. The number of alkyl halides is 2. The minimum Gasteiger partial charge on any atom is -0.487 e. The van der Waals surface area contributed by atoms with Gasteiger partial charge in [-0.05, 0) is 0 Å². The number of aromatic nitrogens is 2. The van der Waals surface area contributed by atoms with E-state index in [4.69, 9.17) is 16.3 Å². The molecule has 0 bridgehead atoms. The molecule has 1 amide bonds. The number of hydrogen-bond donors (Lipinski definition) is 1. The Labute approximate surface area is 139 Å². The average molecular weight is 361 g/mol. The number of rotatable bonds is 6. The Morgan fingerprint density at radius 2 is 2.21 bits per heavy atom. The van der Waals surface area contributed by atoms with Crippen LogP contribution < -0.4 is 10.1 Å². The molecular weight excluding hydrogens is 350 g/mol. The van der Waals surface area contributed by atoms with E-state index in [9.17, 15) is 23.7 Å². The van der Waals surface area contributed by atoms with Crippen LogP contribution in [0.1, 0.15) is 10.5 Å². The maximum atomic E-state index is 12.2. The van der Waals surface area contributed by atoms with Crippen molar-refractivity contribution in [1.82, 2.24) is 9.78 Å². The van der Waals surface area contributed by atoms with Crippen molar-refractivity contribution in [2.45, 2.75) is 6.43 Å². The van der Waals surface area contributed by atoms with Gasteiger partial charge in [-0.3, -0.25) is 19.6 Å². The lowest BCUT2D eigenvalue weighted by Crippen LogP contribution is -2.14. The smallest absolute Gasteiger partial charge is 0.277 e. The van der Waals surface area contributed by atoms with E-state index in [0.717, 1.165) is 12.1 Å². The molecule has 1 N–H and O–H groups in total. The van der Waals surface area contributed by atoms with E-state index in [1.165, 1.54) is 16.9 Å². The van der Waals surface area contributed by atoms with E-state index >= 15 is 0 Å². The summed E-state index contributed by atoms with van der Waals surface area (Å²) in [6.45, 7) is -0.930. The van der Waals surface area contributed by atoms with Crippen LogP contribution >= 0.6 is 11.6 Å². The molecule has 11 heteroatoms. The molecule has 1 aromatic heterocycles. The zero-order valence-electron chi connectivity index (χ0n) is 12.2. The number of benzene rings is 1. The van der Waals surface area contributed by atoms with Gasteiger partial charge in [-0.25, -0.2) is 8.78 Å². The van der Waals surface area contributed by atoms with Crippen LogP contribution in [-0.4, -0.2) is 33.6 Å². The lowest BCUT2D eigenvalue weighted by Gasteiger charge is -2.09. The molecule has 8 nitrogen and oxygen atoms in total. The van der Waals surface area contributed by atoms with Gasteiger partial charge in [0.2, 0.25) is 0 Å². The van der Waals surface area contributed by atoms with E-state index in [2.05, 4.69) is 10.4 Å². The highest BCUT2D eigenvalue weighted by Gasteiger charge is 2.18. The molecule has 0 unspecified atom stereocenters. The highest BCUT2D eigenvalue weighted by atomic mass is 35.5. The average Bonchev–Trinajstić information content (AvgIpc) is 2.83. The normalized spacial score (nSPS) is 10.7. The molecule has 0 aliphatic heterocycles. The Balaban J connectivity index is 2.26. The zero-order chi connectivity index (χ0) is 17.9. The van der Waals surface area contributed by atoms with E-state index in [1.807, 2.05) is 0 Å². The van der Waals surface area contributed by atoms with Gasteiger partial charge in [-0.15, -0.1) is 0 Å². The van der Waals surface area contributed by atoms with E-state index < -0.39 is 29.6 Å². The number of nitro groups is 1. The van der Waals surface area contributed by atoms with Crippen molar-refractivity contribution in [1.29, 1.82) is 0 Å². The lowest BCUT2D eigenvalue weighted by molar-refractivity contribution is -0.384. The van der Waals surface area contributed by atoms with Crippen LogP contribution in [0.25, 0.3) is 0 Å². The summed E-state index contributed by atoms with van der Waals surface area (Å²) >= 11 is 5.84. The highest BCUT2D eigenvalue weighted by molar-refractivity contribution is 6.34. The molecule has 128 valence electrons. The second kappa shape index (κ2) is 7.21. The number of aryl methyl sites for hydroxylation is 1. The molecule has 2 rings (SSSR count). The Morgan fingerprint density at radius 3 is 2.75 bits per heavy atom. The molecule has 0 saturated carbocycles. The number of anilines is 1. The number of halogens is 3. The maximum Gasteiger partial charge on any atom is 0.277 e. The molecule has 0 fully saturated rings. The molecule has 0 spiro atoms. The maximum absolute atomic E-state index is 12.2. The summed E-state index contributed by atoms with van der Waals surface area (Å²) in [5, 5.41) is 17.2. The molecule has 2 aromatic rings. The number of amides is 1. The van der Waals surface area contributed by atoms with Crippen LogP contribution in [0.2, 0.25) is 5.02 Å². The van der Waals surface area contributed by atoms with Crippen LogP contribution in [0.4, 0.5) is 20.2 Å². The predicted molar refractivity (Wildman–Crippen MR) is 80.8 cm³/mol. The Bertz CT molecular complexity index is 781. The number of non-ortho nitro benzene ring substituents is 1. The van der Waals surface area contributed by atoms with E-state index in [0.29, 0.717) is 0 Å². The van der Waals surface area contributed by atoms with Crippen LogP contribution in [0.15, 0.2) is 24.4 Å². The van der Waals surface area contributed by atoms with Crippen molar-refractivity contribution in [2.24, 2.45) is 7.05 Å². The molecular formula is C13H11ClF2N4O4. The molecule has 1 aromatic carbocycles. The fraction of sp³-hybridized carbons (Fsp3) is 0.231. The third-order valence-corrected chi connectivity index (χ3v) is 3.01. The zero-order valence-corrected chi connectivity index (χ0v) is 13.0. The SMILES string of the molecule is Cn1cc(Cl)c(C(=O)Nc2cc(OCC(F)F)cc([N+](=O)[O-])c2)n1. The molecule has 1 heterocycles. The first kappa shape index (κ1) is 17.6. The molecule has 0 aliphatic carbocycles. The summed E-state index contributed by atoms with van der Waals surface area (Å²) in [6, 6.07) is 3.22. The monoisotopic (exact) mass is 360 g/mol. The van der Waals surface area contributed by atoms with E-state index in [1.54, 1.807) is 7.05 Å². The van der Waals surface area contributed by atoms with E-state index in [-0.39, 0.29) is 22.2 Å². The number of nitrogens with zero attached hydrogens (tertiary/aromatic N) is 3. The van der Waals surface area contributed by atoms with Gasteiger partial charge in [0.1, 0.15) is 12.4 Å². The van der Waals surface area contributed by atoms with Crippen molar-refractivity contribution in [3.8, 4) is 5.75 Å². The fourth-order valence-corrected chi connectivity index (χ4v) is 2.07. The quantitative estimate of drug-likeness (QED) is 0.630. The van der Waals surface area contributed by atoms with Crippen LogP contribution in [-0.2, 0) is 7.05 Å². The van der Waals surface area contributed by atoms with Crippen molar-refractivity contribution in [3.05, 3.63) is 45.2 Å². The minimum absolute atomic E-state index is 0.0137. The summed E-state index contributed by atoms with van der Waals surface area (Å²) in [5.41, 5.74) is -0.523. The van der Waals surface area contributed by atoms with Crippen LogP contribution in [0.5, 0.6) is 5.75 Å². The summed E-state index contributed by atoms with van der Waals surface area (Å²) in [4.78, 5) is 22.3. The number of carbonyl (C=O) groups excluding carboxylic acids is 1. The molecule has 0 saturated heterocycles. The number of ether oxygens (including phenoxy) is 1. The number of nitro benzene ring substituents is 1. The third kappa shape index (κ3) is 4.38. The van der Waals surface area contributed by atoms with Gasteiger partial charge in [-0.2, -0.15) is 5.10 Å². The Morgan fingerprint density at radius 1 is 1.50 bits per heavy atom. The van der Waals surface area contributed by atoms with Crippen LogP contribution in [0.3, 0.4) is 0 Å². The fourth-order valence-electron chi connectivity index (χ4n) is 1.81. The van der Waals surface area contributed by atoms with Gasteiger partial charge < -0.3 is 10.1 Å². The first-order valence-electron chi connectivity index (χ1n) is 6.47. The second-order valence-corrected chi connectivity index (χ2v) is 5.04. The summed E-state index contributed by atoms with van der Waals surface area (Å²) in [6.07, 6.45) is -1.34. The van der Waals surface area contributed by atoms with Crippen molar-refractivity contribution >= 4 is 28.9 Å². The molecule has 0 radical (unpaired) electrons. The minimum atomic E-state index is -2.74. The lowest BCUT2D eigenvalue weighted by atomic mass is 10.2. The summed E-state index contributed by atoms with van der Waals surface area (Å²) in [7, 11) is 1.56. The standard InChI is InChI=1S/C13H11ClF2N4O4/c1-19-5-10(14)12(18-19)13(21)17-7-2-8(20(22)23)4-9(3-7)24-6-11(15)16/h2-5,11H,6H2,1H3,(H,17,21). The van der Waals surface area contributed by atoms with Gasteiger partial charge >= 0.3 is 0 Å². The Hall–Kier alpha value is -2.75. The van der Waals surface area contributed by atoms with Crippen LogP contribution in [0, 0.1) is 10.1 Å². The van der Waals surface area contributed by atoms with Gasteiger partial charge in [0.25, 0.3) is 18.0 Å². The van der Waals surface area contributed by atoms with Gasteiger partial charge in [0.05, 0.1) is 21.7 Å². The Kier molecular flexibility index (Phi) is 5.29. The first-order valence-corrected chi connectivity index (χ1v) is 6.85. The molecule has 0 atom stereocenters. The topological polar surface area (TPSA) is 99.3 Å². The molecule has 0 aliphatic rings. The van der Waals surface area contributed by atoms with Crippen molar-refractivity contribution in [3.63, 3.8) is 0 Å². The first-order chi connectivity index (χ1) is 11.3. The van der Waals surface area contributed by atoms with Crippen molar-refractivity contribution < 1.29 is 23.2 Å².